The van der Waals surface area contributed by atoms with Crippen LogP contribution in [0.1, 0.15) is 104 Å². The number of hydrogen-bond acceptors (Lipinski definition) is 3. The molecular formula is C28H46O3. The topological polar surface area (TPSA) is 43.4 Å². The number of carbonyl (C=O) groups excluding carboxylic acids is 2. The van der Waals surface area contributed by atoms with Crippen molar-refractivity contribution in [2.24, 2.45) is 52.3 Å². The molecule has 4 aliphatic carbocycles. The van der Waals surface area contributed by atoms with Crippen molar-refractivity contribution in [3.8, 4) is 0 Å². The molecule has 0 aromatic rings. The fourth-order valence-electron chi connectivity index (χ4n) is 9.52. The number of aldehydes is 1. The van der Waals surface area contributed by atoms with Crippen LogP contribution in [0.3, 0.4) is 0 Å². The minimum atomic E-state index is -0.578. The lowest BCUT2D eigenvalue weighted by molar-refractivity contribution is -0.147. The van der Waals surface area contributed by atoms with Gasteiger partial charge in [-0.15, -0.1) is 0 Å². The first-order chi connectivity index (χ1) is 14.8. The van der Waals surface area contributed by atoms with Crippen molar-refractivity contribution >= 4 is 12.3 Å². The number of ether oxygens (including phenoxy) is 1. The van der Waals surface area contributed by atoms with Gasteiger partial charge in [0.15, 0.2) is 0 Å². The van der Waals surface area contributed by atoms with Gasteiger partial charge >= 0.3 is 5.97 Å². The van der Waals surface area contributed by atoms with Crippen LogP contribution in [0.5, 0.6) is 0 Å². The highest BCUT2D eigenvalue weighted by atomic mass is 16.5. The second-order valence-corrected chi connectivity index (χ2v) is 12.3. The average molecular weight is 431 g/mol. The quantitative estimate of drug-likeness (QED) is 0.252. The van der Waals surface area contributed by atoms with Crippen LogP contribution in [0.2, 0.25) is 0 Å². The molecule has 0 aliphatic heterocycles. The van der Waals surface area contributed by atoms with E-state index >= 15 is 0 Å². The molecular weight excluding hydrogens is 384 g/mol. The van der Waals surface area contributed by atoms with Crippen molar-refractivity contribution < 1.29 is 14.3 Å². The van der Waals surface area contributed by atoms with Crippen molar-refractivity contribution in [2.45, 2.75) is 104 Å². The molecule has 0 aromatic carbocycles. The van der Waals surface area contributed by atoms with Crippen molar-refractivity contribution in [2.75, 3.05) is 7.11 Å². The fraction of sp³-hybridized carbons (Fsp3) is 0.929. The van der Waals surface area contributed by atoms with Crippen LogP contribution in [0.15, 0.2) is 0 Å². The Labute approximate surface area is 190 Å². The van der Waals surface area contributed by atoms with Gasteiger partial charge in [-0.05, 0) is 104 Å². The predicted octanol–water partition coefficient (Wildman–Crippen LogP) is 6.83. The third kappa shape index (κ3) is 4.01. The van der Waals surface area contributed by atoms with Gasteiger partial charge in [0.2, 0.25) is 0 Å². The molecule has 0 radical (unpaired) electrons. The molecule has 9 atom stereocenters. The van der Waals surface area contributed by atoms with Crippen LogP contribution in [-0.2, 0) is 14.3 Å². The molecule has 0 heterocycles. The maximum atomic E-state index is 11.7. The summed E-state index contributed by atoms with van der Waals surface area (Å²) in [7, 11) is 1.37. The van der Waals surface area contributed by atoms with Crippen LogP contribution < -0.4 is 0 Å². The molecule has 4 rings (SSSR count). The Morgan fingerprint density at radius 3 is 2.48 bits per heavy atom. The Morgan fingerprint density at radius 1 is 0.968 bits per heavy atom. The molecule has 31 heavy (non-hydrogen) atoms. The maximum Gasteiger partial charge on any atom is 0.315 e. The Kier molecular flexibility index (Phi) is 6.90. The summed E-state index contributed by atoms with van der Waals surface area (Å²) >= 11 is 0. The van der Waals surface area contributed by atoms with E-state index in [-0.39, 0.29) is 5.97 Å². The summed E-state index contributed by atoms with van der Waals surface area (Å²) in [4.78, 5) is 23.0. The summed E-state index contributed by atoms with van der Waals surface area (Å²) in [5.74, 6) is 4.41. The predicted molar refractivity (Wildman–Crippen MR) is 124 cm³/mol. The normalized spacial score (nSPS) is 43.8. The Balaban J connectivity index is 1.39. The second kappa shape index (κ2) is 9.18. The second-order valence-electron chi connectivity index (χ2n) is 12.3. The fourth-order valence-corrected chi connectivity index (χ4v) is 9.52. The van der Waals surface area contributed by atoms with E-state index in [0.29, 0.717) is 23.2 Å². The van der Waals surface area contributed by atoms with Gasteiger partial charge in [-0.2, -0.15) is 0 Å². The lowest BCUT2D eigenvalue weighted by Gasteiger charge is -2.61. The summed E-state index contributed by atoms with van der Waals surface area (Å²) in [5.41, 5.74) is 1.13. The Morgan fingerprint density at radius 2 is 1.74 bits per heavy atom. The molecule has 3 heteroatoms. The molecule has 176 valence electrons. The van der Waals surface area contributed by atoms with E-state index in [0.717, 1.165) is 48.7 Å². The van der Waals surface area contributed by atoms with Gasteiger partial charge in [-0.25, -0.2) is 0 Å². The third-order valence-electron chi connectivity index (χ3n) is 11.2. The summed E-state index contributed by atoms with van der Waals surface area (Å²) in [6.07, 6.45) is 18.1. The molecule has 0 spiro atoms. The number of methoxy groups -OCH3 is 1. The van der Waals surface area contributed by atoms with Gasteiger partial charge < -0.3 is 9.53 Å². The van der Waals surface area contributed by atoms with Gasteiger partial charge in [0.1, 0.15) is 12.2 Å². The van der Waals surface area contributed by atoms with Crippen molar-refractivity contribution in [1.82, 2.24) is 0 Å². The van der Waals surface area contributed by atoms with E-state index in [4.69, 9.17) is 4.74 Å². The van der Waals surface area contributed by atoms with Crippen LogP contribution in [0.25, 0.3) is 0 Å². The zero-order valence-electron chi connectivity index (χ0n) is 20.5. The Bertz CT molecular complexity index is 659. The highest BCUT2D eigenvalue weighted by molar-refractivity contribution is 5.87. The van der Waals surface area contributed by atoms with Gasteiger partial charge in [-0.1, -0.05) is 46.5 Å². The summed E-state index contributed by atoms with van der Waals surface area (Å²) in [5, 5.41) is 0. The summed E-state index contributed by atoms with van der Waals surface area (Å²) in [6.45, 7) is 7.76. The highest BCUT2D eigenvalue weighted by Crippen LogP contribution is 2.68. The Hall–Kier alpha value is -0.860. The first kappa shape index (κ1) is 23.3. The van der Waals surface area contributed by atoms with Crippen LogP contribution >= 0.6 is 0 Å². The molecule has 0 aromatic heterocycles. The molecule has 0 amide bonds. The number of hydrogen-bond donors (Lipinski definition) is 0. The van der Waals surface area contributed by atoms with Gasteiger partial charge in [0.05, 0.1) is 7.11 Å². The van der Waals surface area contributed by atoms with Crippen LogP contribution in [-0.4, -0.2) is 19.4 Å². The zero-order chi connectivity index (χ0) is 22.2. The minimum Gasteiger partial charge on any atom is -0.468 e. The largest absolute Gasteiger partial charge is 0.468 e. The molecule has 4 saturated carbocycles. The third-order valence-corrected chi connectivity index (χ3v) is 11.2. The van der Waals surface area contributed by atoms with Gasteiger partial charge in [0, 0.05) is 0 Å². The monoisotopic (exact) mass is 430 g/mol. The van der Waals surface area contributed by atoms with E-state index in [1.54, 1.807) is 0 Å². The van der Waals surface area contributed by atoms with Crippen molar-refractivity contribution in [1.29, 1.82) is 0 Å². The molecule has 4 aliphatic rings. The summed E-state index contributed by atoms with van der Waals surface area (Å²) in [6, 6.07) is 0. The number of fused-ring (bicyclic) bond motifs is 5. The number of esters is 1. The number of rotatable bonds is 7. The molecule has 0 bridgehead atoms. The van der Waals surface area contributed by atoms with E-state index in [1.807, 2.05) is 0 Å². The molecule has 3 nitrogen and oxygen atoms in total. The molecule has 1 unspecified atom stereocenters. The van der Waals surface area contributed by atoms with Gasteiger partial charge in [-0.3, -0.25) is 4.79 Å². The van der Waals surface area contributed by atoms with E-state index < -0.39 is 5.92 Å². The first-order valence-corrected chi connectivity index (χ1v) is 13.4. The van der Waals surface area contributed by atoms with E-state index in [2.05, 4.69) is 20.8 Å². The smallest absolute Gasteiger partial charge is 0.315 e. The van der Waals surface area contributed by atoms with Gasteiger partial charge in [0.25, 0.3) is 0 Å². The van der Waals surface area contributed by atoms with E-state index in [1.165, 1.54) is 71.3 Å². The first-order valence-electron chi connectivity index (χ1n) is 13.4. The van der Waals surface area contributed by atoms with Crippen molar-refractivity contribution in [3.05, 3.63) is 0 Å². The van der Waals surface area contributed by atoms with E-state index in [9.17, 15) is 9.59 Å². The highest BCUT2D eigenvalue weighted by Gasteiger charge is 2.60. The lowest BCUT2D eigenvalue weighted by atomic mass is 9.44. The molecule has 0 N–H and O–H groups in total. The maximum absolute atomic E-state index is 11.7. The zero-order valence-corrected chi connectivity index (χ0v) is 20.5. The molecule has 0 saturated heterocycles. The van der Waals surface area contributed by atoms with Crippen LogP contribution in [0.4, 0.5) is 0 Å². The molecule has 4 fully saturated rings. The average Bonchev–Trinajstić information content (AvgIpc) is 3.13. The lowest BCUT2D eigenvalue weighted by Crippen LogP contribution is -2.53. The summed E-state index contributed by atoms with van der Waals surface area (Å²) < 4.78 is 4.77. The van der Waals surface area contributed by atoms with Crippen LogP contribution in [0, 0.1) is 52.3 Å². The van der Waals surface area contributed by atoms with Crippen molar-refractivity contribution in [3.63, 3.8) is 0 Å². The number of carbonyl (C=O) groups is 2. The standard InChI is InChI=1S/C28H46O3/c1-19(8-7-9-20(18-29)26(30)31-4)23-13-14-24-22-12-11-21-10-5-6-16-27(21,2)25(22)15-17-28(23,24)3/h18-25H,5-17H2,1-4H3/t19-,20?,21+,22+,23-,24+,25+,27+,28-/m1/s1. The minimum absolute atomic E-state index is 0.374. The SMILES string of the molecule is COC(=O)C(C=O)CCC[C@@H](C)[C@H]1CC[C@H]2[C@@H]3CC[C@@H]4CCCC[C@]4(C)[C@H]3CC[C@]12C.